The molecule has 0 saturated heterocycles. The van der Waals surface area contributed by atoms with Crippen molar-refractivity contribution in [3.63, 3.8) is 0 Å². The molecule has 1 fully saturated rings. The van der Waals surface area contributed by atoms with Crippen LogP contribution in [0.25, 0.3) is 0 Å². The van der Waals surface area contributed by atoms with E-state index in [-0.39, 0.29) is 22.0 Å². The number of nitro benzene ring substituents is 1. The molecule has 0 heterocycles. The summed E-state index contributed by atoms with van der Waals surface area (Å²) in [6, 6.07) is 4.87. The van der Waals surface area contributed by atoms with E-state index in [1.807, 2.05) is 0 Å². The molecule has 2 rings (SSSR count). The molecule has 7 heteroatoms. The number of nitro groups is 1. The Morgan fingerprint density at radius 1 is 1.23 bits per heavy atom. The number of hydrogen-bond acceptors (Lipinski definition) is 4. The highest BCUT2D eigenvalue weighted by molar-refractivity contribution is 7.89. The Morgan fingerprint density at radius 3 is 2.32 bits per heavy atom. The van der Waals surface area contributed by atoms with Crippen molar-refractivity contribution in [3.8, 4) is 0 Å². The summed E-state index contributed by atoms with van der Waals surface area (Å²) in [4.78, 5) is 10.1. The minimum atomic E-state index is -3.65. The Balaban J connectivity index is 2.15. The van der Waals surface area contributed by atoms with E-state index in [9.17, 15) is 18.5 Å². The van der Waals surface area contributed by atoms with Crippen molar-refractivity contribution in [3.05, 3.63) is 34.4 Å². The van der Waals surface area contributed by atoms with Gasteiger partial charge in [-0.25, -0.2) is 13.1 Å². The number of rotatable bonds is 4. The average Bonchev–Trinajstić information content (AvgIpc) is 2.35. The van der Waals surface area contributed by atoms with Gasteiger partial charge in [0.05, 0.1) is 9.82 Å². The zero-order valence-electron chi connectivity index (χ0n) is 13.1. The molecule has 6 nitrogen and oxygen atoms in total. The van der Waals surface area contributed by atoms with Gasteiger partial charge in [0.1, 0.15) is 0 Å². The summed E-state index contributed by atoms with van der Waals surface area (Å²) in [5.74, 6) is 0.466. The van der Waals surface area contributed by atoms with Crippen molar-refractivity contribution in [1.82, 2.24) is 4.72 Å². The van der Waals surface area contributed by atoms with E-state index in [4.69, 9.17) is 0 Å². The maximum atomic E-state index is 12.4. The largest absolute Gasteiger partial charge is 0.269 e. The van der Waals surface area contributed by atoms with E-state index in [2.05, 4.69) is 25.5 Å². The fraction of sp³-hybridized carbons (Fsp3) is 0.600. The average molecular weight is 326 g/mol. The van der Waals surface area contributed by atoms with E-state index in [1.54, 1.807) is 0 Å². The highest BCUT2D eigenvalue weighted by Gasteiger charge is 2.34. The van der Waals surface area contributed by atoms with Crippen LogP contribution in [0.15, 0.2) is 29.2 Å². The third kappa shape index (κ3) is 4.04. The number of nitrogens with zero attached hydrogens (tertiary/aromatic N) is 1. The van der Waals surface area contributed by atoms with Crippen LogP contribution in [-0.2, 0) is 10.0 Å². The van der Waals surface area contributed by atoms with Crippen molar-refractivity contribution in [2.75, 3.05) is 0 Å². The van der Waals surface area contributed by atoms with Crippen LogP contribution >= 0.6 is 0 Å². The van der Waals surface area contributed by atoms with Crippen LogP contribution in [-0.4, -0.2) is 19.4 Å². The lowest BCUT2D eigenvalue weighted by Gasteiger charge is -2.39. The van der Waals surface area contributed by atoms with Gasteiger partial charge in [-0.1, -0.05) is 20.8 Å². The van der Waals surface area contributed by atoms with Gasteiger partial charge in [-0.05, 0) is 42.7 Å². The highest BCUT2D eigenvalue weighted by atomic mass is 32.2. The minimum absolute atomic E-state index is 0.0640. The first kappa shape index (κ1) is 16.9. The second-order valence-corrected chi connectivity index (χ2v) is 8.70. The van der Waals surface area contributed by atoms with Crippen LogP contribution in [0.4, 0.5) is 5.69 Å². The van der Waals surface area contributed by atoms with E-state index in [0.717, 1.165) is 19.3 Å². The normalized spacial score (nSPS) is 24.9. The van der Waals surface area contributed by atoms with Gasteiger partial charge < -0.3 is 0 Å². The molecule has 1 aromatic rings. The molecule has 0 aliphatic heterocycles. The highest BCUT2D eigenvalue weighted by Crippen LogP contribution is 2.38. The van der Waals surface area contributed by atoms with Crippen LogP contribution in [0.2, 0.25) is 0 Å². The first-order valence-corrected chi connectivity index (χ1v) is 8.84. The standard InChI is InChI=1S/C15H22N2O4S/c1-11-8-12(10-15(2,3)9-11)16-22(20,21)14-6-4-13(5-7-14)17(18)19/h4-7,11-12,16H,8-10H2,1-3H3. The van der Waals surface area contributed by atoms with Crippen LogP contribution in [0.1, 0.15) is 40.0 Å². The van der Waals surface area contributed by atoms with Crippen LogP contribution in [0.3, 0.4) is 0 Å². The molecule has 0 radical (unpaired) electrons. The van der Waals surface area contributed by atoms with Crippen molar-refractivity contribution in [2.24, 2.45) is 11.3 Å². The van der Waals surface area contributed by atoms with Crippen LogP contribution in [0.5, 0.6) is 0 Å². The third-order valence-electron chi connectivity index (χ3n) is 4.07. The number of non-ortho nitro benzene ring substituents is 1. The lowest BCUT2D eigenvalue weighted by molar-refractivity contribution is -0.384. The molecule has 0 spiro atoms. The molecule has 2 unspecified atom stereocenters. The van der Waals surface area contributed by atoms with Gasteiger partial charge in [-0.15, -0.1) is 0 Å². The monoisotopic (exact) mass is 326 g/mol. The Morgan fingerprint density at radius 2 is 1.82 bits per heavy atom. The van der Waals surface area contributed by atoms with E-state index in [0.29, 0.717) is 5.92 Å². The Bertz CT molecular complexity index is 653. The fourth-order valence-corrected chi connectivity index (χ4v) is 4.72. The molecular formula is C15H22N2O4S. The zero-order chi connectivity index (χ0) is 16.5. The smallest absolute Gasteiger partial charge is 0.258 e. The van der Waals surface area contributed by atoms with Crippen LogP contribution < -0.4 is 4.72 Å². The quantitative estimate of drug-likeness (QED) is 0.680. The van der Waals surface area contributed by atoms with Gasteiger partial charge in [0.2, 0.25) is 10.0 Å². The molecule has 0 bridgehead atoms. The SMILES string of the molecule is CC1CC(NS(=O)(=O)c2ccc([N+](=O)[O-])cc2)CC(C)(C)C1. The first-order chi connectivity index (χ1) is 10.1. The van der Waals surface area contributed by atoms with Crippen LogP contribution in [0, 0.1) is 21.4 Å². The molecule has 1 N–H and O–H groups in total. The first-order valence-electron chi connectivity index (χ1n) is 7.36. The summed E-state index contributed by atoms with van der Waals surface area (Å²) in [7, 11) is -3.65. The van der Waals surface area contributed by atoms with E-state index < -0.39 is 14.9 Å². The van der Waals surface area contributed by atoms with Crippen molar-refractivity contribution >= 4 is 15.7 Å². The summed E-state index contributed by atoms with van der Waals surface area (Å²) >= 11 is 0. The zero-order valence-corrected chi connectivity index (χ0v) is 13.9. The number of nitrogens with one attached hydrogen (secondary N) is 1. The lowest BCUT2D eigenvalue weighted by atomic mass is 9.71. The second-order valence-electron chi connectivity index (χ2n) is 6.98. The van der Waals surface area contributed by atoms with Gasteiger partial charge in [0, 0.05) is 18.2 Å². The van der Waals surface area contributed by atoms with E-state index in [1.165, 1.54) is 24.3 Å². The molecule has 1 saturated carbocycles. The van der Waals surface area contributed by atoms with Gasteiger partial charge >= 0.3 is 0 Å². The Hall–Kier alpha value is -1.47. The van der Waals surface area contributed by atoms with Gasteiger partial charge in [0.15, 0.2) is 0 Å². The number of sulfonamides is 1. The van der Waals surface area contributed by atoms with Crippen molar-refractivity contribution in [1.29, 1.82) is 0 Å². The van der Waals surface area contributed by atoms with Gasteiger partial charge in [-0.2, -0.15) is 0 Å². The summed E-state index contributed by atoms with van der Waals surface area (Å²) in [6.45, 7) is 6.43. The molecule has 0 aromatic heterocycles. The molecule has 2 atom stereocenters. The van der Waals surface area contributed by atoms with E-state index >= 15 is 0 Å². The minimum Gasteiger partial charge on any atom is -0.258 e. The predicted molar refractivity (Wildman–Crippen MR) is 84.0 cm³/mol. The summed E-state index contributed by atoms with van der Waals surface area (Å²) in [6.07, 6.45) is 2.70. The summed E-state index contributed by atoms with van der Waals surface area (Å²) in [5.41, 5.74) is -0.00766. The van der Waals surface area contributed by atoms with Crippen molar-refractivity contribution in [2.45, 2.75) is 51.0 Å². The Labute approximate surface area is 131 Å². The molecule has 0 amide bonds. The lowest BCUT2D eigenvalue weighted by Crippen LogP contribution is -2.42. The number of hydrogen-bond donors (Lipinski definition) is 1. The maximum Gasteiger partial charge on any atom is 0.269 e. The molecule has 122 valence electrons. The van der Waals surface area contributed by atoms with Gasteiger partial charge in [0.25, 0.3) is 5.69 Å². The molecular weight excluding hydrogens is 304 g/mol. The third-order valence-corrected chi connectivity index (χ3v) is 5.60. The Kier molecular flexibility index (Phi) is 4.58. The van der Waals surface area contributed by atoms with Crippen molar-refractivity contribution < 1.29 is 13.3 Å². The number of benzene rings is 1. The predicted octanol–water partition coefficient (Wildman–Crippen LogP) is 3.09. The molecule has 22 heavy (non-hydrogen) atoms. The second kappa shape index (κ2) is 5.96. The molecule has 1 aliphatic rings. The fourth-order valence-electron chi connectivity index (χ4n) is 3.47. The maximum absolute atomic E-state index is 12.4. The van der Waals surface area contributed by atoms with Gasteiger partial charge in [-0.3, -0.25) is 10.1 Å². The molecule has 1 aromatic carbocycles. The summed E-state index contributed by atoms with van der Waals surface area (Å²) < 4.78 is 27.6. The molecule has 1 aliphatic carbocycles. The summed E-state index contributed by atoms with van der Waals surface area (Å²) in [5, 5.41) is 10.6. The topological polar surface area (TPSA) is 89.3 Å².